The molecule has 0 radical (unpaired) electrons. The molecule has 0 N–H and O–H groups in total. The van der Waals surface area contributed by atoms with Crippen LogP contribution in [0.5, 0.6) is 0 Å². The predicted molar refractivity (Wildman–Crippen MR) is 76.7 cm³/mol. The molecule has 102 valence electrons. The van der Waals surface area contributed by atoms with Gasteiger partial charge in [-0.15, -0.1) is 0 Å². The third kappa shape index (κ3) is 3.20. The van der Waals surface area contributed by atoms with Crippen molar-refractivity contribution in [2.75, 3.05) is 7.05 Å². The molecule has 4 nitrogen and oxygen atoms in total. The Morgan fingerprint density at radius 3 is 2.79 bits per heavy atom. The normalized spacial score (nSPS) is 12.9. The second-order valence-corrected chi connectivity index (χ2v) is 4.97. The molecule has 0 aliphatic heterocycles. The summed E-state index contributed by atoms with van der Waals surface area (Å²) >= 11 is 0. The fourth-order valence-corrected chi connectivity index (χ4v) is 2.27. The first-order valence-corrected chi connectivity index (χ1v) is 6.74. The molecule has 0 amide bonds. The van der Waals surface area contributed by atoms with E-state index in [1.807, 2.05) is 30.1 Å². The lowest BCUT2D eigenvalue weighted by molar-refractivity contribution is 0.248. The number of hydrogen-bond acceptors (Lipinski definition) is 3. The third-order valence-electron chi connectivity index (χ3n) is 3.52. The van der Waals surface area contributed by atoms with E-state index in [0.717, 1.165) is 18.7 Å². The van der Waals surface area contributed by atoms with Gasteiger partial charge in [0.1, 0.15) is 0 Å². The number of aromatic nitrogens is 3. The van der Waals surface area contributed by atoms with Gasteiger partial charge in [0.05, 0.1) is 11.4 Å². The molecule has 2 heterocycles. The van der Waals surface area contributed by atoms with Crippen molar-refractivity contribution in [2.45, 2.75) is 32.9 Å². The number of hydrogen-bond donors (Lipinski definition) is 0. The smallest absolute Gasteiger partial charge is 0.0666 e. The molecule has 0 bridgehead atoms. The van der Waals surface area contributed by atoms with Gasteiger partial charge >= 0.3 is 0 Å². The van der Waals surface area contributed by atoms with Crippen LogP contribution in [0.15, 0.2) is 30.6 Å². The highest BCUT2D eigenvalue weighted by Crippen LogP contribution is 2.19. The predicted octanol–water partition coefficient (Wildman–Crippen LogP) is 2.57. The molecule has 0 unspecified atom stereocenters. The highest BCUT2D eigenvalue weighted by Gasteiger charge is 2.15. The minimum atomic E-state index is 0.297. The summed E-state index contributed by atoms with van der Waals surface area (Å²) in [6.07, 6.45) is 4.93. The number of pyridine rings is 1. The highest BCUT2D eigenvalue weighted by atomic mass is 15.3. The Labute approximate surface area is 115 Å². The fraction of sp³-hybridized carbons (Fsp3) is 0.467. The monoisotopic (exact) mass is 258 g/mol. The van der Waals surface area contributed by atoms with Crippen LogP contribution in [0.4, 0.5) is 0 Å². The van der Waals surface area contributed by atoms with E-state index in [-0.39, 0.29) is 0 Å². The van der Waals surface area contributed by atoms with Crippen molar-refractivity contribution in [3.63, 3.8) is 0 Å². The topological polar surface area (TPSA) is 34.0 Å². The molecule has 2 rings (SSSR count). The highest BCUT2D eigenvalue weighted by molar-refractivity contribution is 5.17. The van der Waals surface area contributed by atoms with E-state index in [9.17, 15) is 0 Å². The van der Waals surface area contributed by atoms with E-state index in [1.165, 1.54) is 11.3 Å². The summed E-state index contributed by atoms with van der Waals surface area (Å²) in [5.74, 6) is 0. The second kappa shape index (κ2) is 5.97. The van der Waals surface area contributed by atoms with Gasteiger partial charge in [-0.25, -0.2) is 0 Å². The molecule has 2 aromatic rings. The average Bonchev–Trinajstić information content (AvgIpc) is 2.78. The van der Waals surface area contributed by atoms with Crippen LogP contribution in [-0.4, -0.2) is 26.7 Å². The van der Waals surface area contributed by atoms with Crippen molar-refractivity contribution in [3.05, 3.63) is 47.5 Å². The molecule has 0 saturated carbocycles. The molecule has 4 heteroatoms. The zero-order valence-electron chi connectivity index (χ0n) is 12.2. The van der Waals surface area contributed by atoms with Gasteiger partial charge in [-0.3, -0.25) is 14.6 Å². The van der Waals surface area contributed by atoms with Crippen LogP contribution in [0.1, 0.15) is 36.8 Å². The van der Waals surface area contributed by atoms with Crippen molar-refractivity contribution >= 4 is 0 Å². The van der Waals surface area contributed by atoms with Gasteiger partial charge in [0.25, 0.3) is 0 Å². The van der Waals surface area contributed by atoms with Gasteiger partial charge in [-0.2, -0.15) is 5.10 Å². The van der Waals surface area contributed by atoms with Gasteiger partial charge in [-0.1, -0.05) is 13.0 Å². The van der Waals surface area contributed by atoms with Gasteiger partial charge < -0.3 is 0 Å². The summed E-state index contributed by atoms with van der Waals surface area (Å²) in [5, 5.41) is 4.49. The molecule has 2 aromatic heterocycles. The van der Waals surface area contributed by atoms with Crippen molar-refractivity contribution < 1.29 is 0 Å². The van der Waals surface area contributed by atoms with Crippen molar-refractivity contribution in [3.8, 4) is 0 Å². The number of rotatable bonds is 5. The van der Waals surface area contributed by atoms with Crippen LogP contribution < -0.4 is 0 Å². The Morgan fingerprint density at radius 2 is 2.16 bits per heavy atom. The first-order chi connectivity index (χ1) is 9.11. The Kier molecular flexibility index (Phi) is 4.32. The van der Waals surface area contributed by atoms with Crippen LogP contribution in [-0.2, 0) is 20.0 Å². The van der Waals surface area contributed by atoms with Crippen LogP contribution in [0.2, 0.25) is 0 Å². The molecule has 19 heavy (non-hydrogen) atoms. The van der Waals surface area contributed by atoms with Gasteiger partial charge in [0.15, 0.2) is 0 Å². The number of nitrogens with zero attached hydrogens (tertiary/aromatic N) is 4. The van der Waals surface area contributed by atoms with Crippen molar-refractivity contribution in [2.24, 2.45) is 7.05 Å². The van der Waals surface area contributed by atoms with Crippen LogP contribution in [0.3, 0.4) is 0 Å². The second-order valence-electron chi connectivity index (χ2n) is 4.97. The molecule has 0 aliphatic rings. The molecular weight excluding hydrogens is 236 g/mol. The summed E-state index contributed by atoms with van der Waals surface area (Å²) in [6.45, 7) is 5.23. The lowest BCUT2D eigenvalue weighted by Crippen LogP contribution is -2.23. The summed E-state index contributed by atoms with van der Waals surface area (Å²) in [7, 11) is 4.11. The van der Waals surface area contributed by atoms with E-state index in [0.29, 0.717) is 6.04 Å². The summed E-state index contributed by atoms with van der Waals surface area (Å²) in [6, 6.07) is 6.36. The first-order valence-electron chi connectivity index (χ1n) is 6.74. The Balaban J connectivity index is 2.10. The van der Waals surface area contributed by atoms with E-state index in [2.05, 4.69) is 48.1 Å². The lowest BCUT2D eigenvalue weighted by Gasteiger charge is -2.24. The van der Waals surface area contributed by atoms with Gasteiger partial charge in [0, 0.05) is 37.6 Å². The maximum atomic E-state index is 4.49. The van der Waals surface area contributed by atoms with Crippen LogP contribution >= 0.6 is 0 Å². The molecular formula is C15H22N4. The maximum absolute atomic E-state index is 4.49. The Bertz CT molecular complexity index is 518. The average molecular weight is 258 g/mol. The standard InChI is InChI=1S/C15H22N4/c1-5-14-13(11-19(4)17-14)10-18(3)12(2)15-8-6-7-9-16-15/h6-9,11-12H,5,10H2,1-4H3/t12-/m1/s1. The summed E-state index contributed by atoms with van der Waals surface area (Å²) in [4.78, 5) is 6.73. The van der Waals surface area contributed by atoms with Gasteiger partial charge in [0.2, 0.25) is 0 Å². The van der Waals surface area contributed by atoms with Crippen LogP contribution in [0.25, 0.3) is 0 Å². The fourth-order valence-electron chi connectivity index (χ4n) is 2.27. The quantitative estimate of drug-likeness (QED) is 0.826. The zero-order chi connectivity index (χ0) is 13.8. The zero-order valence-corrected chi connectivity index (χ0v) is 12.2. The number of aryl methyl sites for hydroxylation is 2. The third-order valence-corrected chi connectivity index (χ3v) is 3.52. The van der Waals surface area contributed by atoms with E-state index < -0.39 is 0 Å². The van der Waals surface area contributed by atoms with Crippen molar-refractivity contribution in [1.29, 1.82) is 0 Å². The minimum absolute atomic E-state index is 0.297. The molecule has 1 atom stereocenters. The van der Waals surface area contributed by atoms with Gasteiger partial charge in [-0.05, 0) is 32.5 Å². The maximum Gasteiger partial charge on any atom is 0.0666 e. The summed E-state index contributed by atoms with van der Waals surface area (Å²) in [5.41, 5.74) is 3.59. The molecule has 0 spiro atoms. The SMILES string of the molecule is CCc1nn(C)cc1CN(C)[C@H](C)c1ccccn1. The Morgan fingerprint density at radius 1 is 1.37 bits per heavy atom. The van der Waals surface area contributed by atoms with E-state index in [4.69, 9.17) is 0 Å². The molecule has 0 aromatic carbocycles. The first kappa shape index (κ1) is 13.7. The largest absolute Gasteiger partial charge is 0.294 e. The summed E-state index contributed by atoms with van der Waals surface area (Å²) < 4.78 is 1.90. The van der Waals surface area contributed by atoms with Crippen molar-refractivity contribution in [1.82, 2.24) is 19.7 Å². The molecule has 0 saturated heterocycles. The lowest BCUT2D eigenvalue weighted by atomic mass is 10.1. The Hall–Kier alpha value is -1.68. The van der Waals surface area contributed by atoms with Crippen LogP contribution in [0, 0.1) is 0 Å². The van der Waals surface area contributed by atoms with E-state index in [1.54, 1.807) is 0 Å². The molecule has 0 aliphatic carbocycles. The van der Waals surface area contributed by atoms with E-state index >= 15 is 0 Å². The minimum Gasteiger partial charge on any atom is -0.294 e. The molecule has 0 fully saturated rings.